The molecule has 5 heteroatoms. The van der Waals surface area contributed by atoms with Gasteiger partial charge in [0.15, 0.2) is 0 Å². The summed E-state index contributed by atoms with van der Waals surface area (Å²) in [6.07, 6.45) is 0. The highest BCUT2D eigenvalue weighted by Crippen LogP contribution is 2.43. The minimum absolute atomic E-state index is 1.00. The minimum atomic E-state index is -2.20. The first-order valence-corrected chi connectivity index (χ1v) is 15.9. The molecule has 0 amide bonds. The molecule has 0 atom stereocenters. The van der Waals surface area contributed by atoms with Crippen LogP contribution in [0.5, 0.6) is 0 Å². The van der Waals surface area contributed by atoms with Gasteiger partial charge < -0.3 is 14.7 Å². The molecule has 0 heterocycles. The molecule has 0 fully saturated rings. The van der Waals surface area contributed by atoms with Crippen molar-refractivity contribution < 1.29 is 0 Å². The predicted octanol–water partition coefficient (Wildman–Crippen LogP) is 5.98. The molecule has 0 aliphatic rings. The van der Waals surface area contributed by atoms with E-state index in [0.29, 0.717) is 0 Å². The maximum Gasteiger partial charge on any atom is 0.0379 e. The Balaban J connectivity index is 2.11. The average molecular weight is 508 g/mol. The summed E-state index contributed by atoms with van der Waals surface area (Å²) >= 11 is 6.67. The van der Waals surface area contributed by atoms with Crippen LogP contribution in [-0.4, -0.2) is 39.3 Å². The Morgan fingerprint density at radius 3 is 0.800 bits per heavy atom. The largest absolute Gasteiger partial charge is 0.372 e. The Morgan fingerprint density at radius 2 is 0.629 bits per heavy atom. The first kappa shape index (κ1) is 27.3. The van der Waals surface area contributed by atoms with E-state index in [9.17, 15) is 0 Å². The van der Waals surface area contributed by atoms with Gasteiger partial charge in [-0.15, -0.1) is 0 Å². The van der Waals surface area contributed by atoms with Crippen molar-refractivity contribution in [3.05, 3.63) is 72.8 Å². The van der Waals surface area contributed by atoms with Gasteiger partial charge in [-0.05, 0) is 93.9 Å². The summed E-state index contributed by atoms with van der Waals surface area (Å²) in [4.78, 5) is 7.14. The Bertz CT molecular complexity index is 940. The van der Waals surface area contributed by atoms with Crippen LogP contribution in [0.3, 0.4) is 0 Å². The topological polar surface area (TPSA) is 9.72 Å². The van der Waals surface area contributed by atoms with Crippen molar-refractivity contribution in [1.82, 2.24) is 0 Å². The fourth-order valence-electron chi connectivity index (χ4n) is 4.83. The summed E-state index contributed by atoms with van der Waals surface area (Å²) in [5.41, 5.74) is 3.78. The number of nitrogens with zero attached hydrogens (tertiary/aromatic N) is 3. The van der Waals surface area contributed by atoms with Gasteiger partial charge in [0.25, 0.3) is 0 Å². The quantitative estimate of drug-likeness (QED) is 0.279. The third kappa shape index (κ3) is 5.76. The fourth-order valence-corrected chi connectivity index (χ4v) is 8.53. The van der Waals surface area contributed by atoms with Gasteiger partial charge in [0.2, 0.25) is 0 Å². The van der Waals surface area contributed by atoms with Gasteiger partial charge in [0, 0.05) is 62.4 Å². The Kier molecular flexibility index (Phi) is 9.83. The third-order valence-electron chi connectivity index (χ3n) is 7.03. The van der Waals surface area contributed by atoms with Crippen LogP contribution in [-0.2, 0) is 11.8 Å². The van der Waals surface area contributed by atoms with E-state index in [1.165, 1.54) is 33.0 Å². The predicted molar refractivity (Wildman–Crippen MR) is 163 cm³/mol. The molecule has 0 saturated heterocycles. The standard InChI is InChI=1S/C30H42N3PS/c1-7-31(8-2)25-13-19-28(20-14-25)34(35,29-21-15-26(16-22-29)32(9-3)10-4)30-23-17-27(18-24-30)33(11-5)12-6/h13-24H,7-12H2,1-6H3. The van der Waals surface area contributed by atoms with E-state index in [0.717, 1.165) is 39.3 Å². The van der Waals surface area contributed by atoms with Gasteiger partial charge in [0.1, 0.15) is 0 Å². The highest BCUT2D eigenvalue weighted by molar-refractivity contribution is 8.25. The van der Waals surface area contributed by atoms with Crippen LogP contribution >= 0.6 is 6.04 Å². The second-order valence-corrected chi connectivity index (χ2v) is 13.1. The molecule has 0 N–H and O–H groups in total. The minimum Gasteiger partial charge on any atom is -0.372 e. The van der Waals surface area contributed by atoms with Gasteiger partial charge >= 0.3 is 0 Å². The van der Waals surface area contributed by atoms with Crippen molar-refractivity contribution in [3.63, 3.8) is 0 Å². The molecule has 35 heavy (non-hydrogen) atoms. The number of rotatable bonds is 12. The van der Waals surface area contributed by atoms with E-state index < -0.39 is 6.04 Å². The Hall–Kier alpha value is -2.29. The zero-order valence-electron chi connectivity index (χ0n) is 22.4. The summed E-state index contributed by atoms with van der Waals surface area (Å²) in [5, 5.41) is 3.73. The second kappa shape index (κ2) is 12.6. The molecule has 3 rings (SSSR count). The highest BCUT2D eigenvalue weighted by atomic mass is 32.4. The smallest absolute Gasteiger partial charge is 0.0379 e. The van der Waals surface area contributed by atoms with Gasteiger partial charge in [-0.25, -0.2) is 0 Å². The van der Waals surface area contributed by atoms with E-state index in [4.69, 9.17) is 11.8 Å². The fraction of sp³-hybridized carbons (Fsp3) is 0.400. The van der Waals surface area contributed by atoms with Crippen molar-refractivity contribution in [1.29, 1.82) is 0 Å². The van der Waals surface area contributed by atoms with Crippen LogP contribution in [0.1, 0.15) is 41.5 Å². The van der Waals surface area contributed by atoms with E-state index in [-0.39, 0.29) is 0 Å². The Labute approximate surface area is 218 Å². The number of benzene rings is 3. The summed E-state index contributed by atoms with van der Waals surface area (Å²) in [7, 11) is 0. The molecule has 188 valence electrons. The van der Waals surface area contributed by atoms with Crippen LogP contribution in [0.2, 0.25) is 0 Å². The van der Waals surface area contributed by atoms with Crippen LogP contribution in [0.15, 0.2) is 72.8 Å². The first-order chi connectivity index (χ1) is 17.0. The molecule has 3 nitrogen and oxygen atoms in total. The van der Waals surface area contributed by atoms with Gasteiger partial charge in [-0.1, -0.05) is 48.2 Å². The highest BCUT2D eigenvalue weighted by Gasteiger charge is 2.25. The molecular weight excluding hydrogens is 465 g/mol. The molecule has 3 aromatic rings. The number of hydrogen-bond acceptors (Lipinski definition) is 4. The molecule has 0 unspecified atom stereocenters. The van der Waals surface area contributed by atoms with Crippen molar-refractivity contribution in [2.45, 2.75) is 41.5 Å². The summed E-state index contributed by atoms with van der Waals surface area (Å²) in [6, 6.07) is 24.9. The second-order valence-electron chi connectivity index (χ2n) is 8.68. The summed E-state index contributed by atoms with van der Waals surface area (Å²) < 4.78 is 0. The molecule has 0 aromatic heterocycles. The SMILES string of the molecule is CCN(CC)c1ccc(P(=S)(c2ccc(N(CC)CC)cc2)c2ccc(N(CC)CC)cc2)cc1. The van der Waals surface area contributed by atoms with Gasteiger partial charge in [-0.2, -0.15) is 0 Å². The normalized spacial score (nSPS) is 11.4. The van der Waals surface area contributed by atoms with Crippen molar-refractivity contribution in [2.24, 2.45) is 0 Å². The average Bonchev–Trinajstić information content (AvgIpc) is 2.91. The first-order valence-electron chi connectivity index (χ1n) is 13.1. The molecule has 0 spiro atoms. The molecule has 0 aliphatic heterocycles. The molecule has 0 radical (unpaired) electrons. The number of anilines is 3. The maximum atomic E-state index is 6.67. The van der Waals surface area contributed by atoms with Gasteiger partial charge in [0.05, 0.1) is 0 Å². The van der Waals surface area contributed by atoms with Crippen molar-refractivity contribution in [3.8, 4) is 0 Å². The van der Waals surface area contributed by atoms with Crippen LogP contribution in [0, 0.1) is 0 Å². The summed E-state index contributed by atoms with van der Waals surface area (Å²) in [5.74, 6) is 0. The zero-order chi connectivity index (χ0) is 25.4. The van der Waals surface area contributed by atoms with E-state index in [1.54, 1.807) is 0 Å². The lowest BCUT2D eigenvalue weighted by Crippen LogP contribution is -2.27. The van der Waals surface area contributed by atoms with E-state index in [2.05, 4.69) is 129 Å². The molecule has 0 saturated carbocycles. The van der Waals surface area contributed by atoms with Gasteiger partial charge in [-0.3, -0.25) is 0 Å². The summed E-state index contributed by atoms with van der Waals surface area (Å²) in [6.45, 7) is 19.3. The maximum absolute atomic E-state index is 6.67. The molecule has 0 bridgehead atoms. The van der Waals surface area contributed by atoms with Crippen LogP contribution in [0.25, 0.3) is 0 Å². The lowest BCUT2D eigenvalue weighted by atomic mass is 10.3. The molecule has 0 aliphatic carbocycles. The zero-order valence-corrected chi connectivity index (χ0v) is 24.1. The van der Waals surface area contributed by atoms with Crippen LogP contribution in [0.4, 0.5) is 17.1 Å². The molecular formula is C30H42N3PS. The van der Waals surface area contributed by atoms with Crippen molar-refractivity contribution in [2.75, 3.05) is 54.0 Å². The monoisotopic (exact) mass is 507 g/mol. The van der Waals surface area contributed by atoms with E-state index >= 15 is 0 Å². The lowest BCUT2D eigenvalue weighted by Gasteiger charge is -2.28. The Morgan fingerprint density at radius 1 is 0.429 bits per heavy atom. The third-order valence-corrected chi connectivity index (χ3v) is 12.0. The molecule has 3 aromatic carbocycles. The van der Waals surface area contributed by atoms with Crippen molar-refractivity contribution >= 4 is 50.8 Å². The van der Waals surface area contributed by atoms with Crippen LogP contribution < -0.4 is 30.6 Å². The number of hydrogen-bond donors (Lipinski definition) is 0. The lowest BCUT2D eigenvalue weighted by molar-refractivity contribution is 0.866. The van der Waals surface area contributed by atoms with E-state index in [1.807, 2.05) is 0 Å².